The molecule has 140 valence electrons. The minimum atomic E-state index is 0.0919. The fraction of sp³-hybridized carbons (Fsp3) is 0.526. The Balaban J connectivity index is 1.44. The first kappa shape index (κ1) is 19.2. The zero-order chi connectivity index (χ0) is 18.2. The second-order valence-electron chi connectivity index (χ2n) is 6.64. The van der Waals surface area contributed by atoms with Gasteiger partial charge in [-0.15, -0.1) is 10.2 Å². The van der Waals surface area contributed by atoms with Crippen molar-refractivity contribution in [2.75, 3.05) is 11.1 Å². The van der Waals surface area contributed by atoms with E-state index in [2.05, 4.69) is 52.0 Å². The number of thioether (sulfide) groups is 1. The Morgan fingerprint density at radius 1 is 1.23 bits per heavy atom. The lowest BCUT2D eigenvalue weighted by atomic mass is 10.1. The number of carbonyl (C=O) groups excluding carboxylic acids is 1. The topological polar surface area (TPSA) is 66.9 Å². The van der Waals surface area contributed by atoms with Crippen LogP contribution in [0.4, 0.5) is 10.8 Å². The molecule has 7 heteroatoms. The highest BCUT2D eigenvalue weighted by atomic mass is 32.2. The maximum atomic E-state index is 12.0. The average molecular weight is 391 g/mol. The molecule has 2 aromatic rings. The summed E-state index contributed by atoms with van der Waals surface area (Å²) in [5.74, 6) is 0.492. The number of hydrogen-bond donors (Lipinski definition) is 2. The van der Waals surface area contributed by atoms with Gasteiger partial charge >= 0.3 is 0 Å². The van der Waals surface area contributed by atoms with Gasteiger partial charge < -0.3 is 10.6 Å². The van der Waals surface area contributed by atoms with Gasteiger partial charge in [0.05, 0.1) is 5.75 Å². The van der Waals surface area contributed by atoms with E-state index in [4.69, 9.17) is 0 Å². The Hall–Kier alpha value is -1.60. The molecule has 26 heavy (non-hydrogen) atoms. The molecule has 0 unspecified atom stereocenters. The molecule has 0 spiro atoms. The molecule has 0 aliphatic heterocycles. The highest BCUT2D eigenvalue weighted by Gasteiger charge is 2.17. The molecular weight excluding hydrogens is 364 g/mol. The van der Waals surface area contributed by atoms with E-state index in [1.54, 1.807) is 0 Å². The van der Waals surface area contributed by atoms with Gasteiger partial charge in [0.2, 0.25) is 11.0 Å². The van der Waals surface area contributed by atoms with Gasteiger partial charge in [0, 0.05) is 11.7 Å². The Morgan fingerprint density at radius 3 is 2.73 bits per heavy atom. The van der Waals surface area contributed by atoms with Crippen LogP contribution in [0.3, 0.4) is 0 Å². The Labute approximate surface area is 163 Å². The van der Waals surface area contributed by atoms with Crippen LogP contribution in [0.1, 0.15) is 51.0 Å². The van der Waals surface area contributed by atoms with Crippen molar-refractivity contribution in [1.82, 2.24) is 15.5 Å². The van der Waals surface area contributed by atoms with Crippen LogP contribution >= 0.6 is 23.1 Å². The van der Waals surface area contributed by atoms with E-state index in [0.29, 0.717) is 11.8 Å². The highest BCUT2D eigenvalue weighted by molar-refractivity contribution is 8.01. The van der Waals surface area contributed by atoms with Crippen molar-refractivity contribution < 1.29 is 4.79 Å². The van der Waals surface area contributed by atoms with Crippen LogP contribution in [0.2, 0.25) is 0 Å². The molecule has 0 radical (unpaired) electrons. The summed E-state index contributed by atoms with van der Waals surface area (Å²) in [6, 6.07) is 8.84. The summed E-state index contributed by atoms with van der Waals surface area (Å²) in [7, 11) is 0. The van der Waals surface area contributed by atoms with Gasteiger partial charge in [-0.3, -0.25) is 4.79 Å². The van der Waals surface area contributed by atoms with Gasteiger partial charge in [0.1, 0.15) is 0 Å². The number of aromatic nitrogens is 2. The SMILES string of the molecule is CCCCc1ccc(Nc2nnc(SCC(=O)NC3CCCC3)s2)cc1. The number of hydrogen-bond acceptors (Lipinski definition) is 6. The summed E-state index contributed by atoms with van der Waals surface area (Å²) in [5.41, 5.74) is 2.37. The molecule has 1 aromatic heterocycles. The van der Waals surface area contributed by atoms with Crippen LogP contribution in [0.5, 0.6) is 0 Å². The molecule has 1 fully saturated rings. The number of nitrogens with one attached hydrogen (secondary N) is 2. The molecule has 3 rings (SSSR count). The van der Waals surface area contributed by atoms with Crippen LogP contribution in [-0.4, -0.2) is 27.9 Å². The summed E-state index contributed by atoms with van der Waals surface area (Å²) in [5, 5.41) is 15.5. The van der Waals surface area contributed by atoms with Gasteiger partial charge in [-0.05, 0) is 43.4 Å². The molecule has 1 amide bonds. The maximum Gasteiger partial charge on any atom is 0.230 e. The van der Waals surface area contributed by atoms with E-state index in [-0.39, 0.29) is 5.91 Å². The van der Waals surface area contributed by atoms with Gasteiger partial charge in [-0.25, -0.2) is 0 Å². The molecule has 1 aliphatic rings. The van der Waals surface area contributed by atoms with E-state index >= 15 is 0 Å². The number of nitrogens with zero attached hydrogens (tertiary/aromatic N) is 2. The van der Waals surface area contributed by atoms with Crippen molar-refractivity contribution >= 4 is 39.8 Å². The predicted molar refractivity (Wildman–Crippen MR) is 109 cm³/mol. The third kappa shape index (κ3) is 5.99. The lowest BCUT2D eigenvalue weighted by molar-refractivity contribution is -0.119. The number of aryl methyl sites for hydroxylation is 1. The zero-order valence-electron chi connectivity index (χ0n) is 15.2. The molecule has 0 atom stereocenters. The monoisotopic (exact) mass is 390 g/mol. The maximum absolute atomic E-state index is 12.0. The summed E-state index contributed by atoms with van der Waals surface area (Å²) in [6.45, 7) is 2.21. The quantitative estimate of drug-likeness (QED) is 0.604. The van der Waals surface area contributed by atoms with Crippen molar-refractivity contribution in [1.29, 1.82) is 0 Å². The summed E-state index contributed by atoms with van der Waals surface area (Å²) in [6.07, 6.45) is 8.23. The first-order valence-electron chi connectivity index (χ1n) is 9.34. The van der Waals surface area contributed by atoms with E-state index in [1.807, 2.05) is 0 Å². The molecule has 0 bridgehead atoms. The molecule has 0 saturated heterocycles. The van der Waals surface area contributed by atoms with E-state index < -0.39 is 0 Å². The Morgan fingerprint density at radius 2 is 2.00 bits per heavy atom. The van der Waals surface area contributed by atoms with E-state index in [0.717, 1.165) is 34.4 Å². The first-order valence-corrected chi connectivity index (χ1v) is 11.1. The van der Waals surface area contributed by atoms with Crippen LogP contribution in [0.15, 0.2) is 28.6 Å². The second-order valence-corrected chi connectivity index (χ2v) is 8.84. The van der Waals surface area contributed by atoms with Crippen molar-refractivity contribution in [2.24, 2.45) is 0 Å². The summed E-state index contributed by atoms with van der Waals surface area (Å²) < 4.78 is 0.814. The number of carbonyl (C=O) groups is 1. The smallest absolute Gasteiger partial charge is 0.230 e. The second kappa shape index (κ2) is 9.92. The average Bonchev–Trinajstić information content (AvgIpc) is 3.31. The van der Waals surface area contributed by atoms with Crippen molar-refractivity contribution in [3.05, 3.63) is 29.8 Å². The third-order valence-corrected chi connectivity index (χ3v) is 6.45. The minimum absolute atomic E-state index is 0.0919. The Bertz CT molecular complexity index is 696. The summed E-state index contributed by atoms with van der Waals surface area (Å²) >= 11 is 2.93. The van der Waals surface area contributed by atoms with Gasteiger partial charge in [-0.1, -0.05) is 61.4 Å². The van der Waals surface area contributed by atoms with Crippen LogP contribution in [-0.2, 0) is 11.2 Å². The third-order valence-electron chi connectivity index (χ3n) is 4.48. The van der Waals surface area contributed by atoms with Gasteiger partial charge in [-0.2, -0.15) is 0 Å². The molecular formula is C19H26N4OS2. The number of rotatable bonds is 9. The molecule has 5 nitrogen and oxygen atoms in total. The largest absolute Gasteiger partial charge is 0.353 e. The molecule has 1 saturated carbocycles. The minimum Gasteiger partial charge on any atom is -0.353 e. The van der Waals surface area contributed by atoms with E-state index in [1.165, 1.54) is 54.3 Å². The first-order chi connectivity index (χ1) is 12.7. The van der Waals surface area contributed by atoms with Crippen LogP contribution in [0, 0.1) is 0 Å². The Kier molecular flexibility index (Phi) is 7.32. The number of anilines is 2. The van der Waals surface area contributed by atoms with Crippen molar-refractivity contribution in [3.8, 4) is 0 Å². The standard InChI is InChI=1S/C19H26N4OS2/c1-2-3-6-14-9-11-16(12-10-14)21-18-22-23-19(26-18)25-13-17(24)20-15-7-4-5-8-15/h9-12,15H,2-8,13H2,1H3,(H,20,24)(H,21,22). The molecule has 1 aromatic carbocycles. The van der Waals surface area contributed by atoms with E-state index in [9.17, 15) is 4.79 Å². The van der Waals surface area contributed by atoms with Gasteiger partial charge in [0.25, 0.3) is 0 Å². The number of unbranched alkanes of at least 4 members (excludes halogenated alkanes) is 1. The predicted octanol–water partition coefficient (Wildman–Crippen LogP) is 4.78. The number of amides is 1. The number of benzene rings is 1. The highest BCUT2D eigenvalue weighted by Crippen LogP contribution is 2.28. The lowest BCUT2D eigenvalue weighted by Crippen LogP contribution is -2.33. The van der Waals surface area contributed by atoms with Crippen molar-refractivity contribution in [3.63, 3.8) is 0 Å². The fourth-order valence-electron chi connectivity index (χ4n) is 3.04. The lowest BCUT2D eigenvalue weighted by Gasteiger charge is -2.10. The van der Waals surface area contributed by atoms with Crippen molar-refractivity contribution in [2.45, 2.75) is 62.3 Å². The van der Waals surface area contributed by atoms with Crippen LogP contribution in [0.25, 0.3) is 0 Å². The summed E-state index contributed by atoms with van der Waals surface area (Å²) in [4.78, 5) is 12.0. The molecule has 1 aliphatic carbocycles. The molecule has 2 N–H and O–H groups in total. The van der Waals surface area contributed by atoms with Crippen LogP contribution < -0.4 is 10.6 Å². The molecule has 1 heterocycles. The zero-order valence-corrected chi connectivity index (χ0v) is 16.8. The van der Waals surface area contributed by atoms with Gasteiger partial charge in [0.15, 0.2) is 4.34 Å². The fourth-order valence-corrected chi connectivity index (χ4v) is 4.63. The normalized spacial score (nSPS) is 14.5.